The van der Waals surface area contributed by atoms with Crippen LogP contribution in [0.4, 0.5) is 5.69 Å². The maximum absolute atomic E-state index is 13.0. The highest BCUT2D eigenvalue weighted by atomic mass is 32.2. The average Bonchev–Trinajstić information content (AvgIpc) is 2.88. The fourth-order valence-corrected chi connectivity index (χ4v) is 4.11. The number of hydrogen-bond donors (Lipinski definition) is 0. The van der Waals surface area contributed by atoms with Gasteiger partial charge in [-0.2, -0.15) is 0 Å². The summed E-state index contributed by atoms with van der Waals surface area (Å²) < 4.78 is 33.8. The number of aryl methyl sites for hydroxylation is 2. The van der Waals surface area contributed by atoms with Crippen LogP contribution in [0.3, 0.4) is 0 Å². The average molecular weight is 346 g/mol. The number of para-hydroxylation sites is 1. The van der Waals surface area contributed by atoms with Crippen LogP contribution in [0.25, 0.3) is 11.1 Å². The van der Waals surface area contributed by atoms with Crippen LogP contribution >= 0.6 is 0 Å². The van der Waals surface area contributed by atoms with Gasteiger partial charge in [0, 0.05) is 19.7 Å². The molecule has 0 spiro atoms. The van der Waals surface area contributed by atoms with Gasteiger partial charge in [-0.1, -0.05) is 18.2 Å². The number of hydrogen-bond acceptors (Lipinski definition) is 4. The van der Waals surface area contributed by atoms with Gasteiger partial charge in [0.15, 0.2) is 5.58 Å². The number of rotatable bonds is 4. The molecule has 126 valence electrons. The van der Waals surface area contributed by atoms with Crippen molar-refractivity contribution in [3.63, 3.8) is 0 Å². The Bertz CT molecular complexity index is 1050. The van der Waals surface area contributed by atoms with Gasteiger partial charge < -0.3 is 4.42 Å². The summed E-state index contributed by atoms with van der Waals surface area (Å²) in [4.78, 5) is 12.0. The molecule has 0 saturated carbocycles. The molecule has 0 aliphatic rings. The topological polar surface area (TPSA) is 72.5 Å². The lowest BCUT2D eigenvalue weighted by molar-refractivity contribution is 0.512. The molecular weight excluding hydrogens is 328 g/mol. The Morgan fingerprint density at radius 3 is 2.46 bits per heavy atom. The molecule has 0 aliphatic carbocycles. The lowest BCUT2D eigenvalue weighted by atomic mass is 10.2. The van der Waals surface area contributed by atoms with E-state index < -0.39 is 15.8 Å². The third kappa shape index (κ3) is 2.50. The Morgan fingerprint density at radius 1 is 1.17 bits per heavy atom. The van der Waals surface area contributed by atoms with E-state index in [1.54, 1.807) is 37.3 Å². The van der Waals surface area contributed by atoms with Crippen LogP contribution in [-0.4, -0.2) is 20.0 Å². The number of nitrogens with zero attached hydrogens (tertiary/aromatic N) is 2. The zero-order valence-corrected chi connectivity index (χ0v) is 14.5. The van der Waals surface area contributed by atoms with Crippen LogP contribution < -0.4 is 10.1 Å². The van der Waals surface area contributed by atoms with Crippen molar-refractivity contribution < 1.29 is 12.8 Å². The third-order valence-corrected chi connectivity index (χ3v) is 5.97. The summed E-state index contributed by atoms with van der Waals surface area (Å²) in [7, 11) is -2.26. The Hall–Kier alpha value is -2.54. The molecule has 0 bridgehead atoms. The van der Waals surface area contributed by atoms with E-state index in [-0.39, 0.29) is 10.5 Å². The van der Waals surface area contributed by atoms with Crippen LogP contribution in [-0.2, 0) is 16.6 Å². The molecule has 0 radical (unpaired) electrons. The highest BCUT2D eigenvalue weighted by molar-refractivity contribution is 7.92. The minimum atomic E-state index is -3.76. The quantitative estimate of drug-likeness (QED) is 0.728. The fourth-order valence-electron chi connectivity index (χ4n) is 2.70. The van der Waals surface area contributed by atoms with E-state index >= 15 is 0 Å². The highest BCUT2D eigenvalue weighted by Gasteiger charge is 2.25. The summed E-state index contributed by atoms with van der Waals surface area (Å²) in [5.74, 6) is -0.488. The number of sulfonamides is 1. The first-order chi connectivity index (χ1) is 11.4. The standard InChI is InChI=1S/C17H18N2O4S/c1-4-19-14-10-12(2)16(11-15(14)23-17(19)20)24(21,22)18(3)13-8-6-5-7-9-13/h5-11H,4H2,1-3H3. The third-order valence-electron chi connectivity index (χ3n) is 4.04. The molecule has 0 unspecified atom stereocenters. The molecule has 3 rings (SSSR count). The Balaban J connectivity index is 2.18. The second kappa shape index (κ2) is 5.83. The Morgan fingerprint density at radius 2 is 1.83 bits per heavy atom. The van der Waals surface area contributed by atoms with Crippen molar-refractivity contribution in [1.82, 2.24) is 4.57 Å². The van der Waals surface area contributed by atoms with Gasteiger partial charge in [0.25, 0.3) is 10.0 Å². The normalized spacial score (nSPS) is 11.8. The summed E-state index contributed by atoms with van der Waals surface area (Å²) in [6.45, 7) is 4.00. The van der Waals surface area contributed by atoms with E-state index in [4.69, 9.17) is 4.42 Å². The smallest absolute Gasteiger partial charge is 0.408 e. The number of aromatic nitrogens is 1. The first-order valence-corrected chi connectivity index (χ1v) is 8.98. The first kappa shape index (κ1) is 16.3. The molecule has 0 fully saturated rings. The monoisotopic (exact) mass is 346 g/mol. The predicted molar refractivity (Wildman–Crippen MR) is 92.9 cm³/mol. The lowest BCUT2D eigenvalue weighted by Crippen LogP contribution is -2.27. The maximum atomic E-state index is 13.0. The Kier molecular flexibility index (Phi) is 3.96. The number of fused-ring (bicyclic) bond motifs is 1. The van der Waals surface area contributed by atoms with Crippen LogP contribution in [0.15, 0.2) is 56.6 Å². The summed E-state index contributed by atoms with van der Waals surface area (Å²) in [6, 6.07) is 11.9. The van der Waals surface area contributed by atoms with Crippen molar-refractivity contribution in [2.45, 2.75) is 25.3 Å². The Labute approximate surface area is 140 Å². The van der Waals surface area contributed by atoms with E-state index in [1.165, 1.54) is 22.0 Å². The van der Waals surface area contributed by atoms with Gasteiger partial charge >= 0.3 is 5.76 Å². The van der Waals surface area contributed by atoms with E-state index in [0.717, 1.165) is 0 Å². The van der Waals surface area contributed by atoms with E-state index in [1.807, 2.05) is 13.0 Å². The van der Waals surface area contributed by atoms with E-state index in [9.17, 15) is 13.2 Å². The van der Waals surface area contributed by atoms with Crippen molar-refractivity contribution >= 4 is 26.8 Å². The molecule has 0 saturated heterocycles. The second-order valence-electron chi connectivity index (χ2n) is 5.51. The SMILES string of the molecule is CCn1c(=O)oc2cc(S(=O)(=O)N(C)c3ccccc3)c(C)cc21. The number of benzene rings is 2. The minimum Gasteiger partial charge on any atom is -0.408 e. The van der Waals surface area contributed by atoms with Gasteiger partial charge in [0.05, 0.1) is 16.1 Å². The molecule has 3 aromatic rings. The van der Waals surface area contributed by atoms with Crippen molar-refractivity contribution in [3.05, 3.63) is 58.6 Å². The zero-order chi connectivity index (χ0) is 17.5. The molecular formula is C17H18N2O4S. The van der Waals surface area contributed by atoms with Crippen LogP contribution in [0.5, 0.6) is 0 Å². The van der Waals surface area contributed by atoms with Crippen molar-refractivity contribution in [1.29, 1.82) is 0 Å². The molecule has 0 N–H and O–H groups in total. The molecule has 1 heterocycles. The minimum absolute atomic E-state index is 0.123. The molecule has 2 aromatic carbocycles. The van der Waals surface area contributed by atoms with Crippen LogP contribution in [0, 0.1) is 6.92 Å². The molecule has 1 aromatic heterocycles. The summed E-state index contributed by atoms with van der Waals surface area (Å²) in [5, 5.41) is 0. The van der Waals surface area contributed by atoms with Gasteiger partial charge in [0.1, 0.15) is 0 Å². The predicted octanol–water partition coefficient (Wildman–Crippen LogP) is 2.75. The summed E-state index contributed by atoms with van der Waals surface area (Å²) in [5.41, 5.74) is 1.99. The van der Waals surface area contributed by atoms with Crippen LogP contribution in [0.2, 0.25) is 0 Å². The van der Waals surface area contributed by atoms with Crippen molar-refractivity contribution in [3.8, 4) is 0 Å². The first-order valence-electron chi connectivity index (χ1n) is 7.54. The molecule has 6 nitrogen and oxygen atoms in total. The van der Waals surface area contributed by atoms with Gasteiger partial charge in [-0.25, -0.2) is 13.2 Å². The molecule has 7 heteroatoms. The largest absolute Gasteiger partial charge is 0.419 e. The highest BCUT2D eigenvalue weighted by Crippen LogP contribution is 2.27. The van der Waals surface area contributed by atoms with Gasteiger partial charge in [-0.15, -0.1) is 0 Å². The van der Waals surface area contributed by atoms with Gasteiger partial charge in [0.2, 0.25) is 0 Å². The summed E-state index contributed by atoms with van der Waals surface area (Å²) in [6.07, 6.45) is 0. The molecule has 0 atom stereocenters. The molecule has 0 amide bonds. The zero-order valence-electron chi connectivity index (χ0n) is 13.7. The van der Waals surface area contributed by atoms with Gasteiger partial charge in [-0.05, 0) is 37.6 Å². The van der Waals surface area contributed by atoms with Crippen molar-refractivity contribution in [2.24, 2.45) is 0 Å². The molecule has 0 aliphatic heterocycles. The summed E-state index contributed by atoms with van der Waals surface area (Å²) >= 11 is 0. The second-order valence-corrected chi connectivity index (χ2v) is 7.44. The van der Waals surface area contributed by atoms with Crippen molar-refractivity contribution in [2.75, 3.05) is 11.4 Å². The maximum Gasteiger partial charge on any atom is 0.419 e. The van der Waals surface area contributed by atoms with E-state index in [0.29, 0.717) is 23.3 Å². The van der Waals surface area contributed by atoms with Crippen LogP contribution in [0.1, 0.15) is 12.5 Å². The van der Waals surface area contributed by atoms with Gasteiger partial charge in [-0.3, -0.25) is 8.87 Å². The number of anilines is 1. The number of oxazole rings is 1. The lowest BCUT2D eigenvalue weighted by Gasteiger charge is -2.20. The fraction of sp³-hybridized carbons (Fsp3) is 0.235. The van der Waals surface area contributed by atoms with E-state index in [2.05, 4.69) is 0 Å². The molecule has 24 heavy (non-hydrogen) atoms.